The molecule has 0 fully saturated rings. The number of rotatable bonds is 3. The van der Waals surface area contributed by atoms with Crippen LogP contribution >= 0.6 is 0 Å². The molecule has 0 unspecified atom stereocenters. The Morgan fingerprint density at radius 1 is 0.955 bits per heavy atom. The van der Waals surface area contributed by atoms with Crippen molar-refractivity contribution >= 4 is 22.4 Å². The summed E-state index contributed by atoms with van der Waals surface area (Å²) in [5, 5.41) is 5.16. The minimum absolute atomic E-state index is 0.0548. The number of carbonyl (C=O) groups is 1. The lowest BCUT2D eigenvalue weighted by Gasteiger charge is -2.14. The molecule has 0 heterocycles. The molecule has 110 valence electrons. The standard InChI is InChI=1S/C20H19NO/c1-3-15-10-6-8-14(2)19(15)21-20(22)18-13-7-11-16-9-4-5-12-17(16)18/h4-13H,3H2,1-2H3,(H,21,22). The average molecular weight is 289 g/mol. The van der Waals surface area contributed by atoms with Crippen molar-refractivity contribution in [1.82, 2.24) is 0 Å². The summed E-state index contributed by atoms with van der Waals surface area (Å²) in [5.74, 6) is -0.0548. The Morgan fingerprint density at radius 3 is 2.50 bits per heavy atom. The topological polar surface area (TPSA) is 29.1 Å². The molecule has 3 aromatic rings. The van der Waals surface area contributed by atoms with E-state index in [1.807, 2.05) is 61.5 Å². The van der Waals surface area contributed by atoms with Crippen molar-refractivity contribution in [1.29, 1.82) is 0 Å². The van der Waals surface area contributed by atoms with Gasteiger partial charge in [-0.25, -0.2) is 0 Å². The predicted octanol–water partition coefficient (Wildman–Crippen LogP) is 4.96. The minimum atomic E-state index is -0.0548. The number of carbonyl (C=O) groups excluding carboxylic acids is 1. The summed E-state index contributed by atoms with van der Waals surface area (Å²) >= 11 is 0. The van der Waals surface area contributed by atoms with Crippen LogP contribution in [0.3, 0.4) is 0 Å². The van der Waals surface area contributed by atoms with E-state index in [2.05, 4.69) is 18.3 Å². The van der Waals surface area contributed by atoms with Gasteiger partial charge in [-0.3, -0.25) is 4.79 Å². The van der Waals surface area contributed by atoms with Gasteiger partial charge >= 0.3 is 0 Å². The second-order valence-electron chi connectivity index (χ2n) is 5.44. The molecule has 1 amide bonds. The van der Waals surface area contributed by atoms with Crippen molar-refractivity contribution in [3.8, 4) is 0 Å². The van der Waals surface area contributed by atoms with E-state index < -0.39 is 0 Å². The minimum Gasteiger partial charge on any atom is -0.321 e. The van der Waals surface area contributed by atoms with Gasteiger partial charge in [0.05, 0.1) is 0 Å². The van der Waals surface area contributed by atoms with E-state index in [1.54, 1.807) is 0 Å². The first-order valence-electron chi connectivity index (χ1n) is 7.58. The first-order chi connectivity index (χ1) is 10.7. The van der Waals surface area contributed by atoms with Crippen molar-refractivity contribution in [3.63, 3.8) is 0 Å². The molecular formula is C20H19NO. The number of nitrogens with one attached hydrogen (secondary N) is 1. The molecule has 0 bridgehead atoms. The second-order valence-corrected chi connectivity index (χ2v) is 5.44. The zero-order valence-corrected chi connectivity index (χ0v) is 12.9. The summed E-state index contributed by atoms with van der Waals surface area (Å²) in [6.45, 7) is 4.13. The van der Waals surface area contributed by atoms with E-state index in [1.165, 1.54) is 0 Å². The van der Waals surface area contributed by atoms with Crippen LogP contribution in [0, 0.1) is 6.92 Å². The van der Waals surface area contributed by atoms with Gasteiger partial charge in [0.15, 0.2) is 0 Å². The second kappa shape index (κ2) is 6.02. The monoisotopic (exact) mass is 289 g/mol. The lowest BCUT2D eigenvalue weighted by Crippen LogP contribution is -2.14. The van der Waals surface area contributed by atoms with Gasteiger partial charge in [0.1, 0.15) is 0 Å². The molecule has 2 nitrogen and oxygen atoms in total. The van der Waals surface area contributed by atoms with Crippen LogP contribution < -0.4 is 5.32 Å². The van der Waals surface area contributed by atoms with Gasteiger partial charge in [0.2, 0.25) is 0 Å². The van der Waals surface area contributed by atoms with Gasteiger partial charge in [-0.1, -0.05) is 61.5 Å². The summed E-state index contributed by atoms with van der Waals surface area (Å²) in [5.41, 5.74) is 3.90. The summed E-state index contributed by atoms with van der Waals surface area (Å²) in [4.78, 5) is 12.7. The molecule has 1 N–H and O–H groups in total. The summed E-state index contributed by atoms with van der Waals surface area (Å²) in [6, 6.07) is 19.9. The van der Waals surface area contributed by atoms with Crippen molar-refractivity contribution in [3.05, 3.63) is 77.4 Å². The molecule has 22 heavy (non-hydrogen) atoms. The van der Waals surface area contributed by atoms with Gasteiger partial charge < -0.3 is 5.32 Å². The average Bonchev–Trinajstić information content (AvgIpc) is 2.56. The SMILES string of the molecule is CCc1cccc(C)c1NC(=O)c1cccc2ccccc12. The van der Waals surface area contributed by atoms with Crippen LogP contribution in [0.5, 0.6) is 0 Å². The van der Waals surface area contributed by atoms with Crippen LogP contribution in [-0.2, 0) is 6.42 Å². The molecular weight excluding hydrogens is 270 g/mol. The normalized spacial score (nSPS) is 10.6. The summed E-state index contributed by atoms with van der Waals surface area (Å²) < 4.78 is 0. The smallest absolute Gasteiger partial charge is 0.256 e. The number of hydrogen-bond acceptors (Lipinski definition) is 1. The quantitative estimate of drug-likeness (QED) is 0.725. The zero-order valence-electron chi connectivity index (χ0n) is 12.9. The number of anilines is 1. The first kappa shape index (κ1) is 14.3. The third-order valence-corrected chi connectivity index (χ3v) is 4.01. The van der Waals surface area contributed by atoms with Crippen LogP contribution in [0.25, 0.3) is 10.8 Å². The fourth-order valence-corrected chi connectivity index (χ4v) is 2.81. The molecule has 2 heteroatoms. The molecule has 3 rings (SSSR count). The largest absolute Gasteiger partial charge is 0.321 e. The van der Waals surface area contributed by atoms with Crippen molar-refractivity contribution in [2.24, 2.45) is 0 Å². The molecule has 0 atom stereocenters. The highest BCUT2D eigenvalue weighted by Crippen LogP contribution is 2.24. The Bertz CT molecular complexity index is 831. The van der Waals surface area contributed by atoms with Gasteiger partial charge in [0, 0.05) is 11.3 Å². The Kier molecular flexibility index (Phi) is 3.92. The fraction of sp³-hybridized carbons (Fsp3) is 0.150. The fourth-order valence-electron chi connectivity index (χ4n) is 2.81. The third-order valence-electron chi connectivity index (χ3n) is 4.01. The molecule has 0 saturated heterocycles. The number of aryl methyl sites for hydroxylation is 2. The lowest BCUT2D eigenvalue weighted by atomic mass is 10.0. The summed E-state index contributed by atoms with van der Waals surface area (Å²) in [7, 11) is 0. The van der Waals surface area contributed by atoms with Gasteiger partial charge in [-0.05, 0) is 41.3 Å². The number of benzene rings is 3. The van der Waals surface area contributed by atoms with Gasteiger partial charge in [-0.2, -0.15) is 0 Å². The molecule has 3 aromatic carbocycles. The number of hydrogen-bond donors (Lipinski definition) is 1. The first-order valence-corrected chi connectivity index (χ1v) is 7.58. The molecule has 0 aliphatic carbocycles. The van der Waals surface area contributed by atoms with Crippen molar-refractivity contribution in [2.75, 3.05) is 5.32 Å². The molecule has 0 saturated carbocycles. The molecule has 0 aromatic heterocycles. The highest BCUT2D eigenvalue weighted by atomic mass is 16.1. The number of para-hydroxylation sites is 1. The predicted molar refractivity (Wildman–Crippen MR) is 92.5 cm³/mol. The molecule has 0 aliphatic heterocycles. The van der Waals surface area contributed by atoms with E-state index in [9.17, 15) is 4.79 Å². The highest BCUT2D eigenvalue weighted by Gasteiger charge is 2.12. The van der Waals surface area contributed by atoms with E-state index >= 15 is 0 Å². The van der Waals surface area contributed by atoms with Gasteiger partial charge in [0.25, 0.3) is 5.91 Å². The van der Waals surface area contributed by atoms with E-state index in [0.717, 1.165) is 34.0 Å². The highest BCUT2D eigenvalue weighted by molar-refractivity contribution is 6.13. The third kappa shape index (κ3) is 2.60. The van der Waals surface area contributed by atoms with Gasteiger partial charge in [-0.15, -0.1) is 0 Å². The molecule has 0 radical (unpaired) electrons. The van der Waals surface area contributed by atoms with Crippen LogP contribution in [0.1, 0.15) is 28.4 Å². The molecule has 0 aliphatic rings. The number of fused-ring (bicyclic) bond motifs is 1. The molecule has 0 spiro atoms. The van der Waals surface area contributed by atoms with Crippen LogP contribution in [-0.4, -0.2) is 5.91 Å². The zero-order chi connectivity index (χ0) is 15.5. The maximum absolute atomic E-state index is 12.7. The summed E-state index contributed by atoms with van der Waals surface area (Å²) in [6.07, 6.45) is 0.896. The van der Waals surface area contributed by atoms with Crippen LogP contribution in [0.15, 0.2) is 60.7 Å². The Hall–Kier alpha value is -2.61. The maximum Gasteiger partial charge on any atom is 0.256 e. The van der Waals surface area contributed by atoms with Crippen LogP contribution in [0.2, 0.25) is 0 Å². The maximum atomic E-state index is 12.7. The lowest BCUT2D eigenvalue weighted by molar-refractivity contribution is 0.102. The van der Waals surface area contributed by atoms with Crippen LogP contribution in [0.4, 0.5) is 5.69 Å². The Morgan fingerprint density at radius 2 is 1.68 bits per heavy atom. The number of amides is 1. The van der Waals surface area contributed by atoms with E-state index in [-0.39, 0.29) is 5.91 Å². The van der Waals surface area contributed by atoms with Crippen molar-refractivity contribution < 1.29 is 4.79 Å². The Balaban J connectivity index is 2.01. The van der Waals surface area contributed by atoms with E-state index in [4.69, 9.17) is 0 Å². The van der Waals surface area contributed by atoms with E-state index in [0.29, 0.717) is 5.56 Å². The van der Waals surface area contributed by atoms with Crippen molar-refractivity contribution in [2.45, 2.75) is 20.3 Å². The Labute approximate surface area is 130 Å².